The van der Waals surface area contributed by atoms with Gasteiger partial charge in [0, 0.05) is 0 Å². The monoisotopic (exact) mass is 384 g/mol. The molecule has 0 saturated heterocycles. The van der Waals surface area contributed by atoms with Crippen molar-refractivity contribution in [2.24, 2.45) is 17.8 Å². The standard InChI is InChI=1S/C25H52O2/c1-9-24(26,10-2)18-19-27-25(11-3,12-4)17-16-23(8)20-22(7)15-13-14-21(5)6/h21-23,26H,9-20H2,1-8H3. The topological polar surface area (TPSA) is 29.5 Å². The van der Waals surface area contributed by atoms with Crippen LogP contribution in [0.2, 0.25) is 0 Å². The number of aliphatic hydroxyl groups is 1. The van der Waals surface area contributed by atoms with E-state index in [1.165, 1.54) is 32.1 Å². The third-order valence-electron chi connectivity index (χ3n) is 6.96. The van der Waals surface area contributed by atoms with Gasteiger partial charge in [-0.05, 0) is 69.1 Å². The molecule has 0 radical (unpaired) electrons. The van der Waals surface area contributed by atoms with E-state index in [-0.39, 0.29) is 5.60 Å². The van der Waals surface area contributed by atoms with Gasteiger partial charge in [0.15, 0.2) is 0 Å². The average molecular weight is 385 g/mol. The van der Waals surface area contributed by atoms with Crippen molar-refractivity contribution >= 4 is 0 Å². The zero-order chi connectivity index (χ0) is 20.9. The molecule has 0 aliphatic rings. The predicted octanol–water partition coefficient (Wildman–Crippen LogP) is 7.77. The van der Waals surface area contributed by atoms with Crippen LogP contribution >= 0.6 is 0 Å². The van der Waals surface area contributed by atoms with E-state index >= 15 is 0 Å². The van der Waals surface area contributed by atoms with E-state index in [1.54, 1.807) is 0 Å². The molecule has 0 aromatic rings. The molecule has 2 nitrogen and oxygen atoms in total. The molecule has 2 atom stereocenters. The van der Waals surface area contributed by atoms with Crippen molar-refractivity contribution in [1.29, 1.82) is 0 Å². The molecule has 0 aromatic carbocycles. The summed E-state index contributed by atoms with van der Waals surface area (Å²) in [5.74, 6) is 2.43. The predicted molar refractivity (Wildman–Crippen MR) is 120 cm³/mol. The fourth-order valence-electron chi connectivity index (χ4n) is 4.25. The highest BCUT2D eigenvalue weighted by Crippen LogP contribution is 2.32. The Hall–Kier alpha value is -0.0800. The highest BCUT2D eigenvalue weighted by atomic mass is 16.5. The second-order valence-corrected chi connectivity index (χ2v) is 9.73. The van der Waals surface area contributed by atoms with E-state index in [9.17, 15) is 5.11 Å². The summed E-state index contributed by atoms with van der Waals surface area (Å²) in [6.07, 6.45) is 12.4. The van der Waals surface area contributed by atoms with E-state index in [2.05, 4.69) is 55.4 Å². The number of hydrogen-bond donors (Lipinski definition) is 1. The number of hydrogen-bond acceptors (Lipinski definition) is 2. The third-order valence-corrected chi connectivity index (χ3v) is 6.96. The summed E-state index contributed by atoms with van der Waals surface area (Å²) >= 11 is 0. The van der Waals surface area contributed by atoms with E-state index in [0.29, 0.717) is 6.61 Å². The van der Waals surface area contributed by atoms with Crippen LogP contribution in [0, 0.1) is 17.8 Å². The molecule has 2 heteroatoms. The zero-order valence-electron chi connectivity index (χ0n) is 20.1. The molecule has 0 aliphatic heterocycles. The first-order valence-corrected chi connectivity index (χ1v) is 12.0. The van der Waals surface area contributed by atoms with Crippen LogP contribution in [0.3, 0.4) is 0 Å². The molecule has 0 amide bonds. The van der Waals surface area contributed by atoms with Crippen LogP contribution in [-0.4, -0.2) is 22.9 Å². The lowest BCUT2D eigenvalue weighted by Gasteiger charge is -2.35. The molecule has 0 aliphatic carbocycles. The van der Waals surface area contributed by atoms with Gasteiger partial charge in [-0.25, -0.2) is 0 Å². The fourth-order valence-corrected chi connectivity index (χ4v) is 4.25. The Morgan fingerprint density at radius 2 is 1.30 bits per heavy atom. The Morgan fingerprint density at radius 3 is 1.78 bits per heavy atom. The summed E-state index contributed by atoms with van der Waals surface area (Å²) < 4.78 is 6.41. The first kappa shape index (κ1) is 26.9. The molecule has 2 unspecified atom stereocenters. The van der Waals surface area contributed by atoms with Gasteiger partial charge < -0.3 is 9.84 Å². The Kier molecular flexibility index (Phi) is 13.9. The summed E-state index contributed by atoms with van der Waals surface area (Å²) in [6.45, 7) is 18.8. The first-order chi connectivity index (χ1) is 12.7. The van der Waals surface area contributed by atoms with Gasteiger partial charge >= 0.3 is 0 Å². The van der Waals surface area contributed by atoms with E-state index < -0.39 is 5.60 Å². The van der Waals surface area contributed by atoms with Crippen molar-refractivity contribution < 1.29 is 9.84 Å². The van der Waals surface area contributed by atoms with Crippen molar-refractivity contribution in [2.75, 3.05) is 6.61 Å². The van der Waals surface area contributed by atoms with Gasteiger partial charge in [0.2, 0.25) is 0 Å². The maximum Gasteiger partial charge on any atom is 0.0677 e. The van der Waals surface area contributed by atoms with Crippen molar-refractivity contribution in [3.63, 3.8) is 0 Å². The lowest BCUT2D eigenvalue weighted by Crippen LogP contribution is -2.35. The van der Waals surface area contributed by atoms with Crippen molar-refractivity contribution in [3.8, 4) is 0 Å². The van der Waals surface area contributed by atoms with Crippen LogP contribution in [0.25, 0.3) is 0 Å². The molecule has 0 rings (SSSR count). The molecular weight excluding hydrogens is 332 g/mol. The molecule has 0 saturated carbocycles. The number of rotatable bonds is 17. The van der Waals surface area contributed by atoms with Gasteiger partial charge in [0.1, 0.15) is 0 Å². The van der Waals surface area contributed by atoms with Gasteiger partial charge in [-0.3, -0.25) is 0 Å². The molecule has 1 N–H and O–H groups in total. The van der Waals surface area contributed by atoms with Gasteiger partial charge in [-0.2, -0.15) is 0 Å². The first-order valence-electron chi connectivity index (χ1n) is 12.0. The molecule has 0 heterocycles. The molecule has 0 aromatic heterocycles. The van der Waals surface area contributed by atoms with Gasteiger partial charge in [-0.15, -0.1) is 0 Å². The van der Waals surface area contributed by atoms with E-state index in [1.807, 2.05) is 0 Å². The van der Waals surface area contributed by atoms with Crippen LogP contribution in [0.5, 0.6) is 0 Å². The average Bonchev–Trinajstić information content (AvgIpc) is 2.64. The van der Waals surface area contributed by atoms with Crippen molar-refractivity contribution in [1.82, 2.24) is 0 Å². The van der Waals surface area contributed by atoms with Crippen LogP contribution in [-0.2, 0) is 4.74 Å². The van der Waals surface area contributed by atoms with Crippen molar-refractivity contribution in [3.05, 3.63) is 0 Å². The van der Waals surface area contributed by atoms with E-state index in [0.717, 1.165) is 56.3 Å². The number of ether oxygens (including phenoxy) is 1. The minimum Gasteiger partial charge on any atom is -0.390 e. The fraction of sp³-hybridized carbons (Fsp3) is 1.00. The lowest BCUT2D eigenvalue weighted by molar-refractivity contribution is -0.0864. The van der Waals surface area contributed by atoms with Gasteiger partial charge in [0.05, 0.1) is 17.8 Å². The van der Waals surface area contributed by atoms with Crippen LogP contribution in [0.15, 0.2) is 0 Å². The largest absolute Gasteiger partial charge is 0.390 e. The Bertz CT molecular complexity index is 342. The molecule has 27 heavy (non-hydrogen) atoms. The Labute approximate surface area is 171 Å². The second kappa shape index (κ2) is 14.0. The summed E-state index contributed by atoms with van der Waals surface area (Å²) in [5, 5.41) is 10.5. The normalized spacial score (nSPS) is 15.3. The highest BCUT2D eigenvalue weighted by molar-refractivity contribution is 4.81. The minimum atomic E-state index is -0.550. The maximum atomic E-state index is 10.5. The molecule has 0 bridgehead atoms. The van der Waals surface area contributed by atoms with Gasteiger partial charge in [-0.1, -0.05) is 74.7 Å². The zero-order valence-corrected chi connectivity index (χ0v) is 20.1. The van der Waals surface area contributed by atoms with Crippen LogP contribution in [0.1, 0.15) is 126 Å². The third kappa shape index (κ3) is 11.5. The molecule has 164 valence electrons. The van der Waals surface area contributed by atoms with Crippen LogP contribution < -0.4 is 0 Å². The lowest BCUT2D eigenvalue weighted by atomic mass is 9.84. The summed E-state index contributed by atoms with van der Waals surface area (Å²) in [7, 11) is 0. The molecule has 0 spiro atoms. The van der Waals surface area contributed by atoms with Crippen molar-refractivity contribution in [2.45, 2.75) is 137 Å². The minimum absolute atomic E-state index is 0.00245. The van der Waals surface area contributed by atoms with Gasteiger partial charge in [0.25, 0.3) is 0 Å². The highest BCUT2D eigenvalue weighted by Gasteiger charge is 2.29. The summed E-state index contributed by atoms with van der Waals surface area (Å²) in [5.41, 5.74) is -0.552. The second-order valence-electron chi connectivity index (χ2n) is 9.73. The van der Waals surface area contributed by atoms with E-state index in [4.69, 9.17) is 4.74 Å². The smallest absolute Gasteiger partial charge is 0.0677 e. The quantitative estimate of drug-likeness (QED) is 0.277. The maximum absolute atomic E-state index is 10.5. The Balaban J connectivity index is 4.38. The summed E-state index contributed by atoms with van der Waals surface area (Å²) in [6, 6.07) is 0. The Morgan fingerprint density at radius 1 is 0.741 bits per heavy atom. The SMILES string of the molecule is CCC(O)(CC)CCOC(CC)(CC)CCC(C)CC(C)CCCC(C)C. The summed E-state index contributed by atoms with van der Waals surface area (Å²) in [4.78, 5) is 0. The molecule has 0 fully saturated rings. The molecular formula is C25H52O2. The van der Waals surface area contributed by atoms with Crippen LogP contribution in [0.4, 0.5) is 0 Å².